The fourth-order valence-corrected chi connectivity index (χ4v) is 2.97. The molecule has 0 spiro atoms. The molecule has 29 heavy (non-hydrogen) atoms. The van der Waals surface area contributed by atoms with Crippen LogP contribution >= 0.6 is 0 Å². The molecule has 150 valence electrons. The molecule has 0 atom stereocenters. The Kier molecular flexibility index (Phi) is 5.77. The molecule has 1 aromatic carbocycles. The highest BCUT2D eigenvalue weighted by molar-refractivity contribution is 6.12. The molecule has 0 fully saturated rings. The predicted octanol–water partition coefficient (Wildman–Crippen LogP) is 3.69. The summed E-state index contributed by atoms with van der Waals surface area (Å²) in [4.78, 5) is 13.4. The average molecular weight is 390 g/mol. The monoisotopic (exact) mass is 390 g/mol. The van der Waals surface area contributed by atoms with Gasteiger partial charge in [-0.15, -0.1) is 0 Å². The zero-order valence-corrected chi connectivity index (χ0v) is 17.2. The van der Waals surface area contributed by atoms with Gasteiger partial charge in [0.25, 0.3) is 0 Å². The first-order chi connectivity index (χ1) is 13.8. The summed E-state index contributed by atoms with van der Waals surface area (Å²) in [6, 6.07) is 11.6. The lowest BCUT2D eigenvalue weighted by molar-refractivity contribution is 0.419. The summed E-state index contributed by atoms with van der Waals surface area (Å²) in [6.07, 6.45) is 2.99. The quantitative estimate of drug-likeness (QED) is 0.554. The van der Waals surface area contributed by atoms with Crippen LogP contribution in [0.5, 0.6) is 5.75 Å². The van der Waals surface area contributed by atoms with Gasteiger partial charge >= 0.3 is 0 Å². The number of methoxy groups -OCH3 is 1. The van der Waals surface area contributed by atoms with Crippen LogP contribution in [0.3, 0.4) is 0 Å². The van der Waals surface area contributed by atoms with Crippen LogP contribution in [0, 0.1) is 5.41 Å². The predicted molar refractivity (Wildman–Crippen MR) is 117 cm³/mol. The molecule has 0 aliphatic carbocycles. The summed E-state index contributed by atoms with van der Waals surface area (Å²) in [7, 11) is 1.58. The molecule has 4 N–H and O–H groups in total. The summed E-state index contributed by atoms with van der Waals surface area (Å²) in [6.45, 7) is 6.94. The number of rotatable bonds is 6. The number of ether oxygens (including phenoxy) is 1. The van der Waals surface area contributed by atoms with E-state index in [4.69, 9.17) is 20.9 Å². The molecule has 0 aliphatic heterocycles. The Hall–Kier alpha value is -3.48. The molecular formula is C22H26N6O. The maximum atomic E-state index is 7.86. The van der Waals surface area contributed by atoms with Gasteiger partial charge in [0.2, 0.25) is 5.95 Å². The number of nitrogens with two attached hydrogens (primary N) is 1. The molecule has 7 heteroatoms. The molecule has 7 nitrogen and oxygen atoms in total. The summed E-state index contributed by atoms with van der Waals surface area (Å²) in [5.41, 5.74) is 9.63. The van der Waals surface area contributed by atoms with Gasteiger partial charge in [0.1, 0.15) is 11.3 Å². The maximum absolute atomic E-state index is 7.86. The van der Waals surface area contributed by atoms with Crippen LogP contribution in [-0.4, -0.2) is 28.3 Å². The Bertz CT molecular complexity index is 1070. The largest absolute Gasteiger partial charge is 0.494 e. The zero-order valence-electron chi connectivity index (χ0n) is 17.2. The number of anilines is 1. The molecule has 0 radical (unpaired) electrons. The van der Waals surface area contributed by atoms with Gasteiger partial charge in [0.05, 0.1) is 25.0 Å². The molecule has 0 amide bonds. The van der Waals surface area contributed by atoms with E-state index in [1.54, 1.807) is 13.3 Å². The third-order valence-electron chi connectivity index (χ3n) is 4.47. The third kappa shape index (κ3) is 4.51. The van der Waals surface area contributed by atoms with Gasteiger partial charge in [-0.25, -0.2) is 9.97 Å². The summed E-state index contributed by atoms with van der Waals surface area (Å²) in [5.74, 6) is 0.739. The fraction of sp³-hybridized carbons (Fsp3) is 0.273. The van der Waals surface area contributed by atoms with Crippen molar-refractivity contribution in [2.24, 2.45) is 0 Å². The van der Waals surface area contributed by atoms with Crippen LogP contribution < -0.4 is 15.8 Å². The van der Waals surface area contributed by atoms with Gasteiger partial charge in [0, 0.05) is 34.5 Å². The lowest BCUT2D eigenvalue weighted by Crippen LogP contribution is -2.16. The van der Waals surface area contributed by atoms with E-state index in [0.29, 0.717) is 29.1 Å². The van der Waals surface area contributed by atoms with Gasteiger partial charge in [-0.05, 0) is 18.2 Å². The molecular weight excluding hydrogens is 364 g/mol. The summed E-state index contributed by atoms with van der Waals surface area (Å²) < 4.78 is 5.38. The van der Waals surface area contributed by atoms with E-state index in [1.165, 1.54) is 6.21 Å². The number of hydrogen-bond donors (Lipinski definition) is 3. The number of nitrogens with one attached hydrogen (secondary N) is 2. The lowest BCUT2D eigenvalue weighted by Gasteiger charge is -2.18. The molecule has 0 unspecified atom stereocenters. The highest BCUT2D eigenvalue weighted by Crippen LogP contribution is 2.28. The Morgan fingerprint density at radius 2 is 1.90 bits per heavy atom. The molecule has 2 aromatic heterocycles. The highest BCUT2D eigenvalue weighted by Gasteiger charge is 2.15. The lowest BCUT2D eigenvalue weighted by atomic mass is 9.91. The normalized spacial score (nSPS) is 12.1. The van der Waals surface area contributed by atoms with Crippen molar-refractivity contribution in [2.45, 2.75) is 32.7 Å². The standard InChI is InChI=1S/C22H26N6O/c1-22(2,3)18-10-5-7-15(26-18)13-25-12-14(11-23)19-16-8-6-9-17(29-4)20(16)28-21(24)27-19/h5-12,23,25H,13H2,1-4H3,(H2,24,27,28)/b14-12+,23-11?. The van der Waals surface area contributed by atoms with Crippen LogP contribution in [0.4, 0.5) is 5.95 Å². The number of aromatic nitrogens is 3. The molecule has 0 saturated heterocycles. The van der Waals surface area contributed by atoms with Crippen LogP contribution in [0.25, 0.3) is 16.5 Å². The number of hydrogen-bond acceptors (Lipinski definition) is 7. The van der Waals surface area contributed by atoms with Crippen molar-refractivity contribution in [3.63, 3.8) is 0 Å². The van der Waals surface area contributed by atoms with Crippen molar-refractivity contribution in [3.8, 4) is 5.75 Å². The van der Waals surface area contributed by atoms with Crippen molar-refractivity contribution < 1.29 is 4.74 Å². The minimum atomic E-state index is -0.0115. The second-order valence-electron chi connectivity index (χ2n) is 7.68. The minimum absolute atomic E-state index is 0.0115. The molecule has 2 heterocycles. The Morgan fingerprint density at radius 3 is 2.59 bits per heavy atom. The van der Waals surface area contributed by atoms with Crippen molar-refractivity contribution in [2.75, 3.05) is 12.8 Å². The van der Waals surface area contributed by atoms with E-state index in [9.17, 15) is 0 Å². The van der Waals surface area contributed by atoms with Gasteiger partial charge in [0.15, 0.2) is 0 Å². The average Bonchev–Trinajstić information content (AvgIpc) is 2.70. The third-order valence-corrected chi connectivity index (χ3v) is 4.47. The first kappa shape index (κ1) is 20.3. The molecule has 0 aliphatic rings. The van der Waals surface area contributed by atoms with Crippen molar-refractivity contribution in [1.29, 1.82) is 5.41 Å². The van der Waals surface area contributed by atoms with Crippen molar-refractivity contribution >= 4 is 28.6 Å². The van der Waals surface area contributed by atoms with Crippen LogP contribution in [0.1, 0.15) is 37.9 Å². The first-order valence-corrected chi connectivity index (χ1v) is 9.34. The Morgan fingerprint density at radius 1 is 1.14 bits per heavy atom. The van der Waals surface area contributed by atoms with Crippen molar-refractivity contribution in [3.05, 3.63) is 59.7 Å². The van der Waals surface area contributed by atoms with Gasteiger partial charge in [-0.2, -0.15) is 0 Å². The second kappa shape index (κ2) is 8.26. The minimum Gasteiger partial charge on any atom is -0.494 e. The van der Waals surface area contributed by atoms with E-state index in [-0.39, 0.29) is 11.4 Å². The zero-order chi connectivity index (χ0) is 21.0. The van der Waals surface area contributed by atoms with E-state index in [0.717, 1.165) is 16.8 Å². The Balaban J connectivity index is 1.91. The second-order valence-corrected chi connectivity index (χ2v) is 7.68. The Labute approximate surface area is 170 Å². The van der Waals surface area contributed by atoms with Gasteiger partial charge in [-0.3, -0.25) is 4.98 Å². The van der Waals surface area contributed by atoms with Crippen LogP contribution in [-0.2, 0) is 12.0 Å². The number of benzene rings is 1. The highest BCUT2D eigenvalue weighted by atomic mass is 16.5. The number of pyridine rings is 1. The first-order valence-electron chi connectivity index (χ1n) is 9.34. The summed E-state index contributed by atoms with van der Waals surface area (Å²) >= 11 is 0. The van der Waals surface area contributed by atoms with Gasteiger partial charge in [-0.1, -0.05) is 39.0 Å². The summed E-state index contributed by atoms with van der Waals surface area (Å²) in [5, 5.41) is 11.9. The molecule has 3 aromatic rings. The van der Waals surface area contributed by atoms with E-state index in [2.05, 4.69) is 36.1 Å². The van der Waals surface area contributed by atoms with E-state index < -0.39 is 0 Å². The number of para-hydroxylation sites is 1. The number of allylic oxidation sites excluding steroid dienone is 1. The van der Waals surface area contributed by atoms with Crippen molar-refractivity contribution in [1.82, 2.24) is 20.3 Å². The smallest absolute Gasteiger partial charge is 0.221 e. The van der Waals surface area contributed by atoms with Gasteiger partial charge < -0.3 is 21.2 Å². The van der Waals surface area contributed by atoms with Crippen LogP contribution in [0.15, 0.2) is 42.6 Å². The maximum Gasteiger partial charge on any atom is 0.221 e. The fourth-order valence-electron chi connectivity index (χ4n) is 2.97. The molecule has 0 bridgehead atoms. The SMILES string of the molecule is COc1cccc2c(/C(C=N)=C/NCc3cccc(C(C)(C)C)n3)nc(N)nc12. The van der Waals surface area contributed by atoms with E-state index in [1.807, 2.05) is 36.4 Å². The number of nitrogen functional groups attached to an aromatic ring is 1. The number of fused-ring (bicyclic) bond motifs is 1. The number of nitrogens with zero attached hydrogens (tertiary/aromatic N) is 3. The van der Waals surface area contributed by atoms with E-state index >= 15 is 0 Å². The van der Waals surface area contributed by atoms with Crippen LogP contribution in [0.2, 0.25) is 0 Å². The molecule has 3 rings (SSSR count). The molecule has 0 saturated carbocycles. The topological polar surface area (TPSA) is 110 Å².